The van der Waals surface area contributed by atoms with E-state index in [0.29, 0.717) is 0 Å². The van der Waals surface area contributed by atoms with Gasteiger partial charge in [-0.1, -0.05) is 0 Å². The molecule has 12 rings (SSSR count). The van der Waals surface area contributed by atoms with Crippen molar-refractivity contribution in [3.63, 3.8) is 0 Å². The maximum Gasteiger partial charge on any atom is 0.338 e. The number of hydrogen-bond acceptors (Lipinski definition) is 38. The predicted molar refractivity (Wildman–Crippen MR) is 404 cm³/mol. The number of aromatic hydroxyl groups is 12. The number of phenolic OH excluding ortho intramolecular Hbond substituents is 12. The Morgan fingerprint density at radius 1 is 0.475 bits per heavy atom. The smallest absolute Gasteiger partial charge is 0.338 e. The maximum absolute atomic E-state index is 16.2. The molecule has 0 spiro atoms. The minimum Gasteiger partial charge on any atom is -0.507 e. The van der Waals surface area contributed by atoms with Gasteiger partial charge >= 0.3 is 17.9 Å². The van der Waals surface area contributed by atoms with E-state index in [4.69, 9.17) is 52.1 Å². The highest BCUT2D eigenvalue weighted by Crippen LogP contribution is 2.56. The Bertz CT molecular complexity index is 4690. The van der Waals surface area contributed by atoms with Crippen LogP contribution in [0.1, 0.15) is 115 Å². The van der Waals surface area contributed by atoms with Crippen molar-refractivity contribution >= 4 is 35.6 Å². The first-order valence-electron chi connectivity index (χ1n) is 38.1. The number of aryl methyl sites for hydroxylation is 4. The van der Waals surface area contributed by atoms with Gasteiger partial charge in [0.25, 0.3) is 5.91 Å². The van der Waals surface area contributed by atoms with Gasteiger partial charge in [0.2, 0.25) is 11.8 Å². The van der Waals surface area contributed by atoms with E-state index in [1.54, 1.807) is 0 Å². The Kier molecular flexibility index (Phi) is 26.6. The summed E-state index contributed by atoms with van der Waals surface area (Å²) in [6.07, 6.45) is -46.0. The lowest BCUT2D eigenvalue weighted by Crippen LogP contribution is -2.70. The SMILES string of the molecule is CC(=O)NC1COC(CO)[C@@H](O)C1O[C@@H]1OC(C(=O)NCC(c2c(O)cc(C)c3c2O[C@H](c2cc(O)c(O)c(O)c2)[C@H](OC(=O)c2cc(C)c(O)c(O)c2)C3)c2c(O)cc(C)c3c2O[C@H](c2cc(O)c(O)c(O)c2)[C@H](OC(=O)c2cc(C)c(O)c(O)c2)C3)[C@@H](O[C@H](C)[C@@H]2OC(CO)[C@@H](O)C(O[C@@H]3OC(C(=O)O)[C@@H](O)C(O)C3O)C2NC(C)=O)C(O)C1O. The molecule has 0 saturated carbocycles. The summed E-state index contributed by atoms with van der Waals surface area (Å²) < 4.78 is 68.2. The van der Waals surface area contributed by atoms with E-state index in [9.17, 15) is 136 Å². The molecule has 12 unspecified atom stereocenters. The van der Waals surface area contributed by atoms with E-state index in [-0.39, 0.29) is 55.6 Å². The van der Waals surface area contributed by atoms with Crippen molar-refractivity contribution in [2.45, 2.75) is 214 Å². The minimum absolute atomic E-state index is 0.0162. The van der Waals surface area contributed by atoms with Crippen LogP contribution in [-0.4, -0.2) is 309 Å². The number of ether oxygens (including phenoxy) is 11. The zero-order valence-electron chi connectivity index (χ0n) is 65.7. The van der Waals surface area contributed by atoms with Crippen LogP contribution < -0.4 is 25.4 Å². The first-order valence-corrected chi connectivity index (χ1v) is 38.1. The number of carboxylic acids is 1. The van der Waals surface area contributed by atoms with E-state index in [1.807, 2.05) is 0 Å². The molecule has 4 saturated heterocycles. The van der Waals surface area contributed by atoms with Crippen molar-refractivity contribution in [3.05, 3.63) is 127 Å². The first-order chi connectivity index (χ1) is 57.5. The molecular weight excluding hydrogens is 1630 g/mol. The zero-order chi connectivity index (χ0) is 89.1. The molecule has 6 aromatic carbocycles. The number of aliphatic hydroxyl groups is 9. The van der Waals surface area contributed by atoms with Crippen LogP contribution in [0.2, 0.25) is 0 Å². The standard InChI is InChI=1S/C80H93N3O39/c1-24-10-39(88)51(68-35(24)18-47(66(117-68)31-12-43(92)56(98)44(93)13-31)115-77(110)33-8-26(3)54(96)41(90)16-33)37(52-40(89)11-25(2)36-19-48(116-78(111)34-9-27(4)55(97)42(91)17-34)67(118-69(36)52)32-14-45(94)57(99)46(95)15-32)20-81-75(107)74-72(62(104)64(106)80(122-74)119-70-38(82-29(6)86)23-112-49(21-84)58(70)100)113-28(5)65-53(83-30(7)87)71(59(101)50(22-85)114-65)120-79-63(105)60(102)61(103)73(121-79)76(108)109/h8-17,28,37-38,47-50,53,58-67,70-74,79-80,84-85,88-106H,18-23H2,1-7H3,(H,81,107)(H,82,86)(H,83,87)(H,108,109)/t28-,38?,47-,48-,49?,50?,53?,58-,59-,60?,61+,62?,63?,64?,65+,66-,67-,70?,71?,72+,73?,74?,79-,80-/m1/s1. The highest BCUT2D eigenvalue weighted by molar-refractivity contribution is 5.92. The van der Waals surface area contributed by atoms with Gasteiger partial charge in [-0.05, 0) is 118 Å². The lowest BCUT2D eigenvalue weighted by Gasteiger charge is -2.50. The molecule has 42 nitrogen and oxygen atoms in total. The van der Waals surface area contributed by atoms with Gasteiger partial charge in [-0.3, -0.25) is 14.4 Å². The van der Waals surface area contributed by atoms with Crippen molar-refractivity contribution in [1.82, 2.24) is 16.0 Å². The third kappa shape index (κ3) is 17.7. The zero-order valence-corrected chi connectivity index (χ0v) is 65.7. The van der Waals surface area contributed by atoms with E-state index in [0.717, 1.165) is 57.2 Å². The number of phenols is 12. The fourth-order valence-electron chi connectivity index (χ4n) is 16.1. The summed E-state index contributed by atoms with van der Waals surface area (Å²) in [6.45, 7) is 5.34. The number of fused-ring (bicyclic) bond motifs is 2. The number of aliphatic hydroxyl groups excluding tert-OH is 9. The monoisotopic (exact) mass is 1720 g/mol. The van der Waals surface area contributed by atoms with Crippen molar-refractivity contribution in [2.24, 2.45) is 0 Å². The van der Waals surface area contributed by atoms with Crippen LogP contribution in [0, 0.1) is 27.7 Å². The third-order valence-corrected chi connectivity index (χ3v) is 22.3. The number of carboxylic acid groups (broad SMARTS) is 1. The number of esters is 2. The van der Waals surface area contributed by atoms with E-state index >= 15 is 4.79 Å². The summed E-state index contributed by atoms with van der Waals surface area (Å²) in [5.41, 5.74) is -1.70. The normalized spacial score (nSPS) is 29.7. The Labute approximate surface area is 690 Å². The number of carbonyl (C=O) groups is 6. The van der Waals surface area contributed by atoms with Crippen LogP contribution >= 0.6 is 0 Å². The van der Waals surface area contributed by atoms with Crippen LogP contribution in [0.3, 0.4) is 0 Å². The number of carbonyl (C=O) groups excluding carboxylic acids is 5. The Morgan fingerprint density at radius 2 is 0.910 bits per heavy atom. The van der Waals surface area contributed by atoms with E-state index in [1.165, 1.54) is 52.0 Å². The molecule has 122 heavy (non-hydrogen) atoms. The molecule has 0 aromatic heterocycles. The second-order valence-corrected chi connectivity index (χ2v) is 30.7. The second kappa shape index (κ2) is 36.0. The second-order valence-electron chi connectivity index (χ2n) is 30.7. The Balaban J connectivity index is 1.02. The third-order valence-electron chi connectivity index (χ3n) is 22.3. The Hall–Kier alpha value is -11.3. The molecule has 6 aliphatic heterocycles. The number of nitrogens with one attached hydrogen (secondary N) is 3. The van der Waals surface area contributed by atoms with Crippen LogP contribution in [0.4, 0.5) is 0 Å². The van der Waals surface area contributed by atoms with Crippen molar-refractivity contribution in [1.29, 1.82) is 0 Å². The molecule has 25 N–H and O–H groups in total. The van der Waals surface area contributed by atoms with Crippen LogP contribution in [0.5, 0.6) is 80.5 Å². The van der Waals surface area contributed by atoms with Crippen LogP contribution in [0.15, 0.2) is 60.7 Å². The molecular formula is C80H93N3O39. The molecule has 0 bridgehead atoms. The van der Waals surface area contributed by atoms with Gasteiger partial charge in [-0.15, -0.1) is 0 Å². The summed E-state index contributed by atoms with van der Waals surface area (Å²) in [6, 6.07) is 6.92. The van der Waals surface area contributed by atoms with Gasteiger partial charge in [0, 0.05) is 72.5 Å². The highest BCUT2D eigenvalue weighted by Gasteiger charge is 2.58. The van der Waals surface area contributed by atoms with Gasteiger partial charge in [-0.2, -0.15) is 0 Å². The number of amides is 3. The highest BCUT2D eigenvalue weighted by atomic mass is 16.7. The van der Waals surface area contributed by atoms with Gasteiger partial charge in [0.1, 0.15) is 115 Å². The molecule has 6 heterocycles. The predicted octanol–water partition coefficient (Wildman–Crippen LogP) is -1.80. The molecule has 0 aliphatic carbocycles. The van der Waals surface area contributed by atoms with Gasteiger partial charge in [-0.25, -0.2) is 14.4 Å². The molecule has 662 valence electrons. The average molecular weight is 1720 g/mol. The summed E-state index contributed by atoms with van der Waals surface area (Å²) in [5.74, 6) is -20.1. The van der Waals surface area contributed by atoms with Crippen molar-refractivity contribution in [3.8, 4) is 80.5 Å². The number of benzene rings is 6. The average Bonchev–Trinajstić information content (AvgIpc) is 0.733. The first kappa shape index (κ1) is 89.9. The van der Waals surface area contributed by atoms with Crippen LogP contribution in [-0.2, 0) is 74.7 Å². The lowest BCUT2D eigenvalue weighted by molar-refractivity contribution is -0.339. The summed E-state index contributed by atoms with van der Waals surface area (Å²) >= 11 is 0. The van der Waals surface area contributed by atoms with E-state index < -0.39 is 319 Å². The molecule has 6 aromatic rings. The molecule has 42 heteroatoms. The number of hydrogen-bond donors (Lipinski definition) is 25. The van der Waals surface area contributed by atoms with E-state index in [2.05, 4.69) is 16.0 Å². The maximum atomic E-state index is 16.2. The molecule has 24 atom stereocenters. The molecule has 3 amide bonds. The molecule has 6 aliphatic rings. The molecule has 0 radical (unpaired) electrons. The van der Waals surface area contributed by atoms with Crippen LogP contribution in [0.25, 0.3) is 0 Å². The minimum atomic E-state index is -2.50. The fraction of sp³-hybridized carbons (Fsp3) is 0.475. The van der Waals surface area contributed by atoms with Crippen molar-refractivity contribution < 1.29 is 193 Å². The van der Waals surface area contributed by atoms with Gasteiger partial charge in [0.05, 0.1) is 49.1 Å². The summed E-state index contributed by atoms with van der Waals surface area (Å²) in [5, 5.41) is 254. The lowest BCUT2D eigenvalue weighted by atomic mass is 9.80. The topological polar surface area (TPSA) is 685 Å². The summed E-state index contributed by atoms with van der Waals surface area (Å²) in [4.78, 5) is 83.3. The number of rotatable bonds is 23. The summed E-state index contributed by atoms with van der Waals surface area (Å²) in [7, 11) is 0. The Morgan fingerprint density at radius 3 is 1.35 bits per heavy atom. The van der Waals surface area contributed by atoms with Crippen molar-refractivity contribution in [2.75, 3.05) is 26.4 Å². The largest absolute Gasteiger partial charge is 0.507 e. The fourth-order valence-corrected chi connectivity index (χ4v) is 16.1. The van der Waals surface area contributed by atoms with Gasteiger partial charge in [0.15, 0.2) is 94.5 Å². The van der Waals surface area contributed by atoms with Gasteiger partial charge < -0.3 is 180 Å². The number of aliphatic carboxylic acids is 1. The quantitative estimate of drug-likeness (QED) is 0.0249. The molecule has 4 fully saturated rings.